The highest BCUT2D eigenvalue weighted by molar-refractivity contribution is 6.04. The van der Waals surface area contributed by atoms with Crippen molar-refractivity contribution in [2.24, 2.45) is 0 Å². The molecule has 2 amide bonds. The maximum Gasteiger partial charge on any atom is 0.255 e. The van der Waals surface area contributed by atoms with Crippen LogP contribution in [-0.4, -0.2) is 44.8 Å². The predicted molar refractivity (Wildman–Crippen MR) is 102 cm³/mol. The predicted octanol–water partition coefficient (Wildman–Crippen LogP) is 2.87. The Bertz CT molecular complexity index is 991. The van der Waals surface area contributed by atoms with Gasteiger partial charge >= 0.3 is 0 Å². The molecule has 1 N–H and O–H groups in total. The van der Waals surface area contributed by atoms with Crippen LogP contribution in [0.2, 0.25) is 0 Å². The molecule has 0 saturated carbocycles. The molecule has 1 fully saturated rings. The zero-order valence-corrected chi connectivity index (χ0v) is 15.1. The van der Waals surface area contributed by atoms with E-state index >= 15 is 0 Å². The summed E-state index contributed by atoms with van der Waals surface area (Å²) in [5.41, 5.74) is 2.57. The fourth-order valence-corrected chi connectivity index (χ4v) is 3.39. The van der Waals surface area contributed by atoms with Crippen LogP contribution in [0.3, 0.4) is 0 Å². The van der Waals surface area contributed by atoms with Crippen molar-refractivity contribution in [2.75, 3.05) is 18.4 Å². The molecule has 0 aliphatic carbocycles. The zero-order valence-electron chi connectivity index (χ0n) is 15.1. The molecule has 2 heterocycles. The van der Waals surface area contributed by atoms with Crippen LogP contribution < -0.4 is 5.32 Å². The first kappa shape index (κ1) is 17.2. The fourth-order valence-electron chi connectivity index (χ4n) is 3.39. The Labute approximate surface area is 157 Å². The molecule has 1 atom stereocenters. The van der Waals surface area contributed by atoms with E-state index in [2.05, 4.69) is 15.6 Å². The second-order valence-corrected chi connectivity index (χ2v) is 6.73. The molecule has 3 aromatic rings. The molecule has 138 valence electrons. The molecule has 1 saturated heterocycles. The normalized spacial score (nSPS) is 15.1. The van der Waals surface area contributed by atoms with Crippen LogP contribution in [0.1, 0.15) is 36.2 Å². The maximum absolute atomic E-state index is 12.8. The van der Waals surface area contributed by atoms with E-state index in [4.69, 9.17) is 0 Å². The van der Waals surface area contributed by atoms with Crippen molar-refractivity contribution >= 4 is 28.5 Å². The molecular weight excluding hydrogens is 342 g/mol. The van der Waals surface area contributed by atoms with Crippen LogP contribution in [0.15, 0.2) is 48.5 Å². The van der Waals surface area contributed by atoms with Crippen LogP contribution in [0.25, 0.3) is 11.0 Å². The van der Waals surface area contributed by atoms with Gasteiger partial charge in [-0.25, -0.2) is 4.68 Å². The van der Waals surface area contributed by atoms with Crippen LogP contribution in [-0.2, 0) is 4.79 Å². The molecule has 2 aromatic carbocycles. The van der Waals surface area contributed by atoms with Gasteiger partial charge in [-0.3, -0.25) is 9.59 Å². The van der Waals surface area contributed by atoms with Crippen molar-refractivity contribution in [3.05, 3.63) is 54.1 Å². The van der Waals surface area contributed by atoms with E-state index in [1.807, 2.05) is 41.3 Å². The van der Waals surface area contributed by atoms with Crippen molar-refractivity contribution in [2.45, 2.75) is 25.8 Å². The summed E-state index contributed by atoms with van der Waals surface area (Å²) < 4.78 is 1.59. The lowest BCUT2D eigenvalue weighted by Gasteiger charge is -2.19. The number of para-hydroxylation sites is 2. The Kier molecular flexibility index (Phi) is 4.58. The highest BCUT2D eigenvalue weighted by Crippen LogP contribution is 2.22. The first-order valence-electron chi connectivity index (χ1n) is 9.14. The van der Waals surface area contributed by atoms with Crippen molar-refractivity contribution in [1.82, 2.24) is 19.9 Å². The second kappa shape index (κ2) is 7.19. The molecule has 0 unspecified atom stereocenters. The first-order valence-corrected chi connectivity index (χ1v) is 9.14. The number of nitrogens with zero attached hydrogens (tertiary/aromatic N) is 4. The third kappa shape index (κ3) is 3.28. The molecule has 1 aliphatic rings. The average molecular weight is 363 g/mol. The SMILES string of the molecule is C[C@@H](C(=O)Nc1ccccc1C(=O)N1CCCC1)n1nnc2ccccc21. The summed E-state index contributed by atoms with van der Waals surface area (Å²) in [5.74, 6) is -0.283. The van der Waals surface area contributed by atoms with Crippen molar-refractivity contribution in [3.63, 3.8) is 0 Å². The maximum atomic E-state index is 12.8. The van der Waals surface area contributed by atoms with E-state index in [-0.39, 0.29) is 11.8 Å². The summed E-state index contributed by atoms with van der Waals surface area (Å²) in [7, 11) is 0. The highest BCUT2D eigenvalue weighted by Gasteiger charge is 2.24. The topological polar surface area (TPSA) is 80.1 Å². The monoisotopic (exact) mass is 363 g/mol. The summed E-state index contributed by atoms with van der Waals surface area (Å²) >= 11 is 0. The third-order valence-electron chi connectivity index (χ3n) is 4.93. The fraction of sp³-hybridized carbons (Fsp3) is 0.300. The molecule has 7 heteroatoms. The van der Waals surface area contributed by atoms with Crippen molar-refractivity contribution in [3.8, 4) is 0 Å². The van der Waals surface area contributed by atoms with E-state index in [9.17, 15) is 9.59 Å². The van der Waals surface area contributed by atoms with Crippen LogP contribution >= 0.6 is 0 Å². The first-order chi connectivity index (χ1) is 13.1. The van der Waals surface area contributed by atoms with Crippen molar-refractivity contribution < 1.29 is 9.59 Å². The lowest BCUT2D eigenvalue weighted by molar-refractivity contribution is -0.119. The summed E-state index contributed by atoms with van der Waals surface area (Å²) in [6, 6.07) is 14.1. The van der Waals surface area contributed by atoms with Gasteiger partial charge in [-0.2, -0.15) is 0 Å². The molecule has 0 spiro atoms. The van der Waals surface area contributed by atoms with E-state index in [0.717, 1.165) is 37.0 Å². The largest absolute Gasteiger partial charge is 0.339 e. The lowest BCUT2D eigenvalue weighted by Crippen LogP contribution is -2.30. The number of carbonyl (C=O) groups is 2. The lowest BCUT2D eigenvalue weighted by atomic mass is 10.1. The summed E-state index contributed by atoms with van der Waals surface area (Å²) in [5, 5.41) is 11.1. The van der Waals surface area contributed by atoms with Gasteiger partial charge in [-0.05, 0) is 44.0 Å². The summed E-state index contributed by atoms with van der Waals surface area (Å²) in [4.78, 5) is 27.4. The molecule has 0 bridgehead atoms. The van der Waals surface area contributed by atoms with Gasteiger partial charge in [0.2, 0.25) is 5.91 Å². The minimum atomic E-state index is -0.563. The molecule has 1 aliphatic heterocycles. The Hall–Kier alpha value is -3.22. The zero-order chi connectivity index (χ0) is 18.8. The number of carbonyl (C=O) groups excluding carboxylic acids is 2. The van der Waals surface area contributed by atoms with Gasteiger partial charge in [-0.15, -0.1) is 5.10 Å². The van der Waals surface area contributed by atoms with Gasteiger partial charge in [0.05, 0.1) is 16.8 Å². The minimum Gasteiger partial charge on any atom is -0.339 e. The standard InChI is InChI=1S/C20H21N5O2/c1-14(25-18-11-5-4-10-17(18)22-23-25)19(26)21-16-9-3-2-8-15(16)20(27)24-12-6-7-13-24/h2-5,8-11,14H,6-7,12-13H2,1H3,(H,21,26)/t14-/m0/s1. The molecule has 1 aromatic heterocycles. The van der Waals surface area contributed by atoms with E-state index in [1.54, 1.807) is 23.7 Å². The Morgan fingerprint density at radius 2 is 1.74 bits per heavy atom. The second-order valence-electron chi connectivity index (χ2n) is 6.73. The van der Waals surface area contributed by atoms with E-state index in [1.165, 1.54) is 0 Å². The van der Waals surface area contributed by atoms with E-state index in [0.29, 0.717) is 11.3 Å². The molecule has 4 rings (SSSR count). The Morgan fingerprint density at radius 1 is 1.04 bits per heavy atom. The number of nitrogens with one attached hydrogen (secondary N) is 1. The average Bonchev–Trinajstić information content (AvgIpc) is 3.37. The smallest absolute Gasteiger partial charge is 0.255 e. The Balaban J connectivity index is 1.57. The van der Waals surface area contributed by atoms with Crippen molar-refractivity contribution in [1.29, 1.82) is 0 Å². The van der Waals surface area contributed by atoms with Gasteiger partial charge in [0, 0.05) is 13.1 Å². The van der Waals surface area contributed by atoms with Gasteiger partial charge in [0.1, 0.15) is 11.6 Å². The van der Waals surface area contributed by atoms with Gasteiger partial charge in [-0.1, -0.05) is 29.5 Å². The number of rotatable bonds is 4. The number of hydrogen-bond acceptors (Lipinski definition) is 4. The molecule has 0 radical (unpaired) electrons. The molecule has 7 nitrogen and oxygen atoms in total. The highest BCUT2D eigenvalue weighted by atomic mass is 16.2. The number of amides is 2. The third-order valence-corrected chi connectivity index (χ3v) is 4.93. The van der Waals surface area contributed by atoms with Crippen LogP contribution in [0.5, 0.6) is 0 Å². The van der Waals surface area contributed by atoms with Gasteiger partial charge in [0.25, 0.3) is 5.91 Å². The molecular formula is C20H21N5O2. The Morgan fingerprint density at radius 3 is 2.56 bits per heavy atom. The van der Waals surface area contributed by atoms with E-state index < -0.39 is 6.04 Å². The quantitative estimate of drug-likeness (QED) is 0.773. The van der Waals surface area contributed by atoms with Crippen LogP contribution in [0.4, 0.5) is 5.69 Å². The summed E-state index contributed by atoms with van der Waals surface area (Å²) in [6.45, 7) is 3.30. The number of benzene rings is 2. The number of fused-ring (bicyclic) bond motifs is 1. The van der Waals surface area contributed by atoms with Gasteiger partial charge < -0.3 is 10.2 Å². The number of anilines is 1. The number of likely N-dealkylation sites (tertiary alicyclic amines) is 1. The molecule has 27 heavy (non-hydrogen) atoms. The minimum absolute atomic E-state index is 0.0396. The number of aromatic nitrogens is 3. The summed E-state index contributed by atoms with van der Waals surface area (Å²) in [6.07, 6.45) is 2.05. The van der Waals surface area contributed by atoms with Crippen LogP contribution in [0, 0.1) is 0 Å². The number of hydrogen-bond donors (Lipinski definition) is 1. The van der Waals surface area contributed by atoms with Gasteiger partial charge in [0.15, 0.2) is 0 Å².